The van der Waals surface area contributed by atoms with E-state index in [0.29, 0.717) is 10.5 Å². The average molecular weight is 248 g/mol. The summed E-state index contributed by atoms with van der Waals surface area (Å²) in [5, 5.41) is 8.80. The maximum Gasteiger partial charge on any atom is 0.207 e. The van der Waals surface area contributed by atoms with Gasteiger partial charge in [0.15, 0.2) is 0 Å². The Labute approximate surface area is 98.2 Å². The fourth-order valence-electron chi connectivity index (χ4n) is 1.69. The zero-order valence-corrected chi connectivity index (χ0v) is 10.4. The summed E-state index contributed by atoms with van der Waals surface area (Å²) in [5.74, 6) is 0. The van der Waals surface area contributed by atoms with Gasteiger partial charge in [-0.3, -0.25) is 4.90 Å². The fourth-order valence-corrected chi connectivity index (χ4v) is 2.58. The molecular weight excluding hydrogens is 234 g/mol. The maximum absolute atomic E-state index is 5.74. The first-order valence-electron chi connectivity index (χ1n) is 5.00. The zero-order chi connectivity index (χ0) is 10.8. The molecule has 0 N–H and O–H groups in total. The molecule has 1 saturated heterocycles. The van der Waals surface area contributed by atoms with Crippen molar-refractivity contribution >= 4 is 22.9 Å². The van der Waals surface area contributed by atoms with Gasteiger partial charge in [0.2, 0.25) is 4.47 Å². The molecule has 0 spiro atoms. The SMILES string of the molecule is CC1OCCN(Cc2nnc(Cl)s2)C1C. The summed E-state index contributed by atoms with van der Waals surface area (Å²) in [6, 6.07) is 0.418. The van der Waals surface area contributed by atoms with Crippen LogP contribution in [0.5, 0.6) is 0 Å². The van der Waals surface area contributed by atoms with Gasteiger partial charge < -0.3 is 4.74 Å². The van der Waals surface area contributed by atoms with Gasteiger partial charge >= 0.3 is 0 Å². The van der Waals surface area contributed by atoms with Crippen LogP contribution in [0.3, 0.4) is 0 Å². The Morgan fingerprint density at radius 1 is 1.53 bits per heavy atom. The Morgan fingerprint density at radius 3 is 3.00 bits per heavy atom. The Bertz CT molecular complexity index is 333. The molecule has 4 nitrogen and oxygen atoms in total. The first-order valence-corrected chi connectivity index (χ1v) is 6.20. The summed E-state index contributed by atoms with van der Waals surface area (Å²) < 4.78 is 6.08. The van der Waals surface area contributed by atoms with E-state index in [0.717, 1.165) is 24.7 Å². The van der Waals surface area contributed by atoms with Crippen molar-refractivity contribution in [3.05, 3.63) is 9.47 Å². The molecule has 0 saturated carbocycles. The van der Waals surface area contributed by atoms with E-state index in [1.165, 1.54) is 11.3 Å². The molecule has 15 heavy (non-hydrogen) atoms. The molecule has 2 heterocycles. The van der Waals surface area contributed by atoms with E-state index in [-0.39, 0.29) is 6.10 Å². The maximum atomic E-state index is 5.74. The van der Waals surface area contributed by atoms with Gasteiger partial charge in [0.1, 0.15) is 5.01 Å². The van der Waals surface area contributed by atoms with Crippen LogP contribution < -0.4 is 0 Å². The molecule has 0 aromatic carbocycles. The van der Waals surface area contributed by atoms with Crippen molar-refractivity contribution in [3.8, 4) is 0 Å². The number of nitrogens with zero attached hydrogens (tertiary/aromatic N) is 3. The molecule has 2 unspecified atom stereocenters. The van der Waals surface area contributed by atoms with Crippen LogP contribution in [-0.2, 0) is 11.3 Å². The van der Waals surface area contributed by atoms with Gasteiger partial charge in [-0.25, -0.2) is 0 Å². The number of hydrogen-bond acceptors (Lipinski definition) is 5. The Kier molecular flexibility index (Phi) is 3.56. The van der Waals surface area contributed by atoms with Crippen LogP contribution >= 0.6 is 22.9 Å². The summed E-state index contributed by atoms with van der Waals surface area (Å²) >= 11 is 7.19. The van der Waals surface area contributed by atoms with Gasteiger partial charge in [0.05, 0.1) is 19.3 Å². The van der Waals surface area contributed by atoms with Gasteiger partial charge in [-0.15, -0.1) is 10.2 Å². The molecule has 6 heteroatoms. The van der Waals surface area contributed by atoms with Crippen molar-refractivity contribution in [1.82, 2.24) is 15.1 Å². The lowest BCUT2D eigenvalue weighted by molar-refractivity contribution is -0.0585. The lowest BCUT2D eigenvalue weighted by Gasteiger charge is -2.37. The smallest absolute Gasteiger partial charge is 0.207 e. The normalized spacial score (nSPS) is 28.2. The van der Waals surface area contributed by atoms with Crippen molar-refractivity contribution in [2.24, 2.45) is 0 Å². The highest BCUT2D eigenvalue weighted by atomic mass is 35.5. The van der Waals surface area contributed by atoms with E-state index in [1.54, 1.807) is 0 Å². The standard InChI is InChI=1S/C9H14ClN3OS/c1-6-7(2)14-4-3-13(6)5-8-11-12-9(10)15-8/h6-7H,3-5H2,1-2H3. The van der Waals surface area contributed by atoms with Gasteiger partial charge in [0.25, 0.3) is 0 Å². The highest BCUT2D eigenvalue weighted by molar-refractivity contribution is 7.15. The first kappa shape index (κ1) is 11.3. The van der Waals surface area contributed by atoms with Gasteiger partial charge in [-0.2, -0.15) is 0 Å². The number of hydrogen-bond donors (Lipinski definition) is 0. The highest BCUT2D eigenvalue weighted by Crippen LogP contribution is 2.20. The van der Waals surface area contributed by atoms with E-state index in [1.807, 2.05) is 0 Å². The second kappa shape index (κ2) is 4.74. The molecular formula is C9H14ClN3OS. The van der Waals surface area contributed by atoms with Crippen molar-refractivity contribution < 1.29 is 4.74 Å². The van der Waals surface area contributed by atoms with E-state index in [9.17, 15) is 0 Å². The number of halogens is 1. The minimum atomic E-state index is 0.280. The lowest BCUT2D eigenvalue weighted by atomic mass is 10.1. The van der Waals surface area contributed by atoms with Gasteiger partial charge in [0, 0.05) is 12.6 Å². The van der Waals surface area contributed by atoms with Crippen LogP contribution in [0, 0.1) is 0 Å². The van der Waals surface area contributed by atoms with E-state index in [2.05, 4.69) is 28.9 Å². The van der Waals surface area contributed by atoms with Crippen LogP contribution in [0.2, 0.25) is 4.47 Å². The van der Waals surface area contributed by atoms with E-state index in [4.69, 9.17) is 16.3 Å². The van der Waals surface area contributed by atoms with Crippen LogP contribution in [0.1, 0.15) is 18.9 Å². The largest absolute Gasteiger partial charge is 0.376 e. The third-order valence-corrected chi connectivity index (χ3v) is 3.80. The van der Waals surface area contributed by atoms with E-state index >= 15 is 0 Å². The summed E-state index contributed by atoms with van der Waals surface area (Å²) in [5.41, 5.74) is 0. The van der Waals surface area contributed by atoms with Crippen LogP contribution in [-0.4, -0.2) is 40.4 Å². The third-order valence-electron chi connectivity index (χ3n) is 2.80. The molecule has 0 amide bonds. The molecule has 2 atom stereocenters. The molecule has 1 fully saturated rings. The minimum absolute atomic E-state index is 0.280. The van der Waals surface area contributed by atoms with Crippen molar-refractivity contribution in [2.75, 3.05) is 13.2 Å². The average Bonchev–Trinajstić information content (AvgIpc) is 2.59. The summed E-state index contributed by atoms with van der Waals surface area (Å²) in [7, 11) is 0. The molecule has 1 aliphatic rings. The van der Waals surface area contributed by atoms with Gasteiger partial charge in [-0.1, -0.05) is 11.3 Å². The zero-order valence-electron chi connectivity index (χ0n) is 8.81. The van der Waals surface area contributed by atoms with Crippen molar-refractivity contribution in [3.63, 3.8) is 0 Å². The molecule has 0 bridgehead atoms. The molecule has 84 valence electrons. The molecule has 1 aliphatic heterocycles. The summed E-state index contributed by atoms with van der Waals surface area (Å²) in [4.78, 5) is 2.35. The molecule has 2 rings (SSSR count). The summed E-state index contributed by atoms with van der Waals surface area (Å²) in [6.45, 7) is 6.83. The second-order valence-electron chi connectivity index (χ2n) is 3.74. The topological polar surface area (TPSA) is 38.2 Å². The van der Waals surface area contributed by atoms with Crippen LogP contribution in [0.15, 0.2) is 0 Å². The van der Waals surface area contributed by atoms with Crippen molar-refractivity contribution in [2.45, 2.75) is 32.5 Å². The Morgan fingerprint density at radius 2 is 2.33 bits per heavy atom. The molecule has 0 radical (unpaired) electrons. The second-order valence-corrected chi connectivity index (χ2v) is 5.38. The molecule has 0 aliphatic carbocycles. The highest BCUT2D eigenvalue weighted by Gasteiger charge is 2.26. The van der Waals surface area contributed by atoms with Crippen molar-refractivity contribution in [1.29, 1.82) is 0 Å². The number of morpholine rings is 1. The summed E-state index contributed by atoms with van der Waals surface area (Å²) in [6.07, 6.45) is 0.280. The molecule has 1 aromatic heterocycles. The lowest BCUT2D eigenvalue weighted by Crippen LogP contribution is -2.47. The quantitative estimate of drug-likeness (QED) is 0.799. The van der Waals surface area contributed by atoms with Crippen LogP contribution in [0.25, 0.3) is 0 Å². The number of rotatable bonds is 2. The van der Waals surface area contributed by atoms with Gasteiger partial charge in [-0.05, 0) is 25.4 Å². The van der Waals surface area contributed by atoms with E-state index < -0.39 is 0 Å². The first-order chi connectivity index (χ1) is 7.16. The molecule has 1 aromatic rings. The third kappa shape index (κ3) is 2.66. The Balaban J connectivity index is 1.99. The predicted molar refractivity (Wildman–Crippen MR) is 60.2 cm³/mol. The predicted octanol–water partition coefficient (Wildman–Crippen LogP) is 1.80. The fraction of sp³-hybridized carbons (Fsp3) is 0.778. The monoisotopic (exact) mass is 247 g/mol. The minimum Gasteiger partial charge on any atom is -0.376 e. The Hall–Kier alpha value is -0.230. The number of ether oxygens (including phenoxy) is 1. The number of aromatic nitrogens is 2. The van der Waals surface area contributed by atoms with Crippen LogP contribution in [0.4, 0.5) is 0 Å².